The fourth-order valence-electron chi connectivity index (χ4n) is 5.09. The van der Waals surface area contributed by atoms with Gasteiger partial charge >= 0.3 is 0 Å². The van der Waals surface area contributed by atoms with Crippen LogP contribution in [-0.2, 0) is 5.41 Å². The fourth-order valence-corrected chi connectivity index (χ4v) is 5.82. The van der Waals surface area contributed by atoms with Crippen molar-refractivity contribution in [2.75, 3.05) is 0 Å². The summed E-state index contributed by atoms with van der Waals surface area (Å²) in [6.07, 6.45) is 0. The number of hydrogen-bond donors (Lipinski definition) is 0. The zero-order valence-electron chi connectivity index (χ0n) is 14.3. The second-order valence-corrected chi connectivity index (χ2v) is 9.05. The normalized spacial score (nSPS) is 14.6. The topological polar surface area (TPSA) is 0 Å². The van der Waals surface area contributed by atoms with E-state index in [0.29, 0.717) is 0 Å². The summed E-state index contributed by atoms with van der Waals surface area (Å²) >= 11 is 7.36. The van der Waals surface area contributed by atoms with Crippen LogP contribution in [0.1, 0.15) is 22.3 Å². The number of hydrogen-bond acceptors (Lipinski definition) is 0. The lowest BCUT2D eigenvalue weighted by molar-refractivity contribution is 0.793. The molecule has 0 radical (unpaired) electrons. The van der Waals surface area contributed by atoms with E-state index in [1.807, 2.05) is 0 Å². The van der Waals surface area contributed by atoms with Crippen LogP contribution in [0.2, 0.25) is 0 Å². The third-order valence-corrected chi connectivity index (χ3v) is 7.00. The second kappa shape index (κ2) is 5.43. The first-order valence-electron chi connectivity index (χ1n) is 9.01. The van der Waals surface area contributed by atoms with Gasteiger partial charge in [0.25, 0.3) is 0 Å². The molecule has 0 nitrogen and oxygen atoms in total. The number of halogens is 2. The predicted molar refractivity (Wildman–Crippen MR) is 118 cm³/mol. The Bertz CT molecular complexity index is 1150. The average molecular weight is 474 g/mol. The number of rotatable bonds is 0. The van der Waals surface area contributed by atoms with Gasteiger partial charge in [-0.15, -0.1) is 0 Å². The van der Waals surface area contributed by atoms with Crippen molar-refractivity contribution in [2.24, 2.45) is 0 Å². The maximum Gasteiger partial charge on any atom is 0.0725 e. The van der Waals surface area contributed by atoms with Crippen LogP contribution in [0.3, 0.4) is 0 Å². The van der Waals surface area contributed by atoms with Crippen molar-refractivity contribution in [3.8, 4) is 22.3 Å². The van der Waals surface area contributed by atoms with E-state index in [-0.39, 0.29) is 5.41 Å². The Kier molecular flexibility index (Phi) is 3.19. The Morgan fingerprint density at radius 3 is 1.33 bits per heavy atom. The lowest BCUT2D eigenvalue weighted by Gasteiger charge is -2.30. The number of benzene rings is 4. The molecule has 4 aromatic rings. The largest absolute Gasteiger partial charge is 0.0725 e. The highest BCUT2D eigenvalue weighted by Crippen LogP contribution is 2.62. The molecule has 0 heterocycles. The predicted octanol–water partition coefficient (Wildman–Crippen LogP) is 7.56. The van der Waals surface area contributed by atoms with Crippen molar-refractivity contribution in [1.82, 2.24) is 0 Å². The van der Waals surface area contributed by atoms with Crippen molar-refractivity contribution < 1.29 is 0 Å². The van der Waals surface area contributed by atoms with Gasteiger partial charge in [-0.25, -0.2) is 0 Å². The first-order chi connectivity index (χ1) is 13.2. The van der Waals surface area contributed by atoms with Crippen LogP contribution in [0.25, 0.3) is 22.3 Å². The van der Waals surface area contributed by atoms with E-state index in [9.17, 15) is 0 Å². The van der Waals surface area contributed by atoms with Gasteiger partial charge in [-0.1, -0.05) is 92.5 Å². The highest BCUT2D eigenvalue weighted by atomic mass is 79.9. The molecule has 0 fully saturated rings. The molecule has 0 N–H and O–H groups in total. The Balaban J connectivity index is 1.86. The molecule has 6 rings (SSSR count). The molecular formula is C25H14Br2. The molecule has 0 saturated heterocycles. The van der Waals surface area contributed by atoms with Crippen LogP contribution in [0.15, 0.2) is 93.9 Å². The van der Waals surface area contributed by atoms with Gasteiger partial charge in [0.15, 0.2) is 0 Å². The Hall–Kier alpha value is -2.16. The fraction of sp³-hybridized carbons (Fsp3) is 0.0400. The van der Waals surface area contributed by atoms with E-state index in [1.54, 1.807) is 0 Å². The van der Waals surface area contributed by atoms with Crippen LogP contribution in [0.4, 0.5) is 0 Å². The standard InChI is InChI=1S/C25H14Br2/c26-15-9-11-23-19(13-15)17-5-1-3-7-21(17)25(23)22-8-4-2-6-18(22)20-14-16(27)10-12-24(20)25/h1-14H. The third kappa shape index (κ3) is 1.88. The van der Waals surface area contributed by atoms with Crippen LogP contribution in [0, 0.1) is 0 Å². The monoisotopic (exact) mass is 472 g/mol. The van der Waals surface area contributed by atoms with E-state index in [2.05, 4.69) is 117 Å². The van der Waals surface area contributed by atoms with Gasteiger partial charge in [0.1, 0.15) is 0 Å². The quantitative estimate of drug-likeness (QED) is 0.213. The Morgan fingerprint density at radius 2 is 0.852 bits per heavy atom. The lowest BCUT2D eigenvalue weighted by Crippen LogP contribution is -2.25. The maximum absolute atomic E-state index is 3.68. The number of fused-ring (bicyclic) bond motifs is 10. The Labute approximate surface area is 175 Å². The summed E-state index contributed by atoms with van der Waals surface area (Å²) in [4.78, 5) is 0. The molecule has 0 amide bonds. The zero-order chi connectivity index (χ0) is 18.2. The van der Waals surface area contributed by atoms with Crippen molar-refractivity contribution in [2.45, 2.75) is 5.41 Å². The molecule has 27 heavy (non-hydrogen) atoms. The van der Waals surface area contributed by atoms with Crippen molar-refractivity contribution in [3.63, 3.8) is 0 Å². The van der Waals surface area contributed by atoms with Gasteiger partial charge in [-0.2, -0.15) is 0 Å². The summed E-state index contributed by atoms with van der Waals surface area (Å²) in [7, 11) is 0. The highest BCUT2D eigenvalue weighted by molar-refractivity contribution is 9.10. The molecule has 0 atom stereocenters. The molecule has 2 heteroatoms. The van der Waals surface area contributed by atoms with Crippen LogP contribution in [0.5, 0.6) is 0 Å². The average Bonchev–Trinajstić information content (AvgIpc) is 3.14. The SMILES string of the molecule is Brc1ccc2c(c1)-c1ccccc1C21c2ccccc2-c2cc(Br)ccc21. The maximum atomic E-state index is 3.68. The van der Waals surface area contributed by atoms with E-state index in [1.165, 1.54) is 44.5 Å². The van der Waals surface area contributed by atoms with Gasteiger partial charge < -0.3 is 0 Å². The van der Waals surface area contributed by atoms with Gasteiger partial charge in [-0.3, -0.25) is 0 Å². The minimum Gasteiger partial charge on any atom is -0.0619 e. The summed E-state index contributed by atoms with van der Waals surface area (Å²) in [5.74, 6) is 0. The zero-order valence-corrected chi connectivity index (χ0v) is 17.5. The summed E-state index contributed by atoms with van der Waals surface area (Å²) < 4.78 is 2.24. The molecule has 128 valence electrons. The van der Waals surface area contributed by atoms with Crippen LogP contribution >= 0.6 is 31.9 Å². The molecule has 0 bridgehead atoms. The van der Waals surface area contributed by atoms with Crippen molar-refractivity contribution in [1.29, 1.82) is 0 Å². The van der Waals surface area contributed by atoms with E-state index in [4.69, 9.17) is 0 Å². The van der Waals surface area contributed by atoms with Crippen LogP contribution < -0.4 is 0 Å². The van der Waals surface area contributed by atoms with Gasteiger partial charge in [0.05, 0.1) is 5.41 Å². The van der Waals surface area contributed by atoms with Crippen LogP contribution in [-0.4, -0.2) is 0 Å². The summed E-state index contributed by atoms with van der Waals surface area (Å²) in [6.45, 7) is 0. The van der Waals surface area contributed by atoms with E-state index >= 15 is 0 Å². The molecule has 0 saturated carbocycles. The van der Waals surface area contributed by atoms with Crippen molar-refractivity contribution in [3.05, 3.63) is 116 Å². The lowest BCUT2D eigenvalue weighted by atomic mass is 9.70. The smallest absolute Gasteiger partial charge is 0.0619 e. The third-order valence-electron chi connectivity index (χ3n) is 6.01. The molecule has 2 aliphatic carbocycles. The van der Waals surface area contributed by atoms with Gasteiger partial charge in [0, 0.05) is 8.95 Å². The highest BCUT2D eigenvalue weighted by Gasteiger charge is 2.51. The molecule has 2 aliphatic rings. The second-order valence-electron chi connectivity index (χ2n) is 7.22. The minimum absolute atomic E-state index is 0.237. The molecule has 0 aromatic heterocycles. The molecule has 4 aromatic carbocycles. The van der Waals surface area contributed by atoms with E-state index < -0.39 is 0 Å². The molecular weight excluding hydrogens is 460 g/mol. The van der Waals surface area contributed by atoms with Gasteiger partial charge in [0.2, 0.25) is 0 Å². The minimum atomic E-state index is -0.237. The van der Waals surface area contributed by atoms with Gasteiger partial charge in [-0.05, 0) is 68.8 Å². The first kappa shape index (κ1) is 15.9. The molecule has 0 aliphatic heterocycles. The summed E-state index contributed by atoms with van der Waals surface area (Å²) in [5.41, 5.74) is 10.6. The first-order valence-corrected chi connectivity index (χ1v) is 10.6. The Morgan fingerprint density at radius 1 is 0.444 bits per heavy atom. The molecule has 1 spiro atoms. The molecule has 0 unspecified atom stereocenters. The van der Waals surface area contributed by atoms with E-state index in [0.717, 1.165) is 8.95 Å². The summed E-state index contributed by atoms with van der Waals surface area (Å²) in [5, 5.41) is 0. The summed E-state index contributed by atoms with van der Waals surface area (Å²) in [6, 6.07) is 31.2. The van der Waals surface area contributed by atoms with Crippen molar-refractivity contribution >= 4 is 31.9 Å².